The normalized spacial score (nSPS) is 10.9. The predicted octanol–water partition coefficient (Wildman–Crippen LogP) is 3.16. The van der Waals surface area contributed by atoms with Crippen LogP contribution in [0.1, 0.15) is 11.1 Å². The fourth-order valence-electron chi connectivity index (χ4n) is 2.49. The van der Waals surface area contributed by atoms with E-state index in [4.69, 9.17) is 10.5 Å². The number of hydrogen-bond donors (Lipinski definition) is 1. The Morgan fingerprint density at radius 3 is 2.70 bits per heavy atom. The molecule has 0 spiro atoms. The molecule has 0 aliphatic carbocycles. The first-order chi connectivity index (χ1) is 9.80. The average Bonchev–Trinajstić information content (AvgIpc) is 2.89. The minimum Gasteiger partial charge on any atom is -0.497 e. The second kappa shape index (κ2) is 5.39. The van der Waals surface area contributed by atoms with Gasteiger partial charge in [-0.05, 0) is 35.4 Å². The highest BCUT2D eigenvalue weighted by atomic mass is 16.5. The van der Waals surface area contributed by atoms with Gasteiger partial charge in [0.1, 0.15) is 5.75 Å². The van der Waals surface area contributed by atoms with Crippen molar-refractivity contribution in [1.29, 1.82) is 0 Å². The third kappa shape index (κ3) is 2.40. The molecule has 102 valence electrons. The maximum atomic E-state index is 5.69. The molecule has 0 fully saturated rings. The number of nitrogens with two attached hydrogens (primary N) is 1. The van der Waals surface area contributed by atoms with Crippen molar-refractivity contribution in [3.05, 3.63) is 65.9 Å². The van der Waals surface area contributed by atoms with Crippen molar-refractivity contribution >= 4 is 10.9 Å². The number of aromatic nitrogens is 1. The molecule has 0 amide bonds. The van der Waals surface area contributed by atoms with Gasteiger partial charge in [0.25, 0.3) is 0 Å². The molecule has 0 unspecified atom stereocenters. The molecule has 0 saturated carbocycles. The third-order valence-electron chi connectivity index (χ3n) is 3.56. The van der Waals surface area contributed by atoms with Gasteiger partial charge in [0.05, 0.1) is 7.11 Å². The molecule has 2 aromatic carbocycles. The van der Waals surface area contributed by atoms with Crippen LogP contribution in [0.5, 0.6) is 5.75 Å². The highest BCUT2D eigenvalue weighted by Gasteiger charge is 2.03. The molecule has 1 aromatic heterocycles. The Balaban J connectivity index is 1.94. The molecular formula is C17H18N2O. The van der Waals surface area contributed by atoms with E-state index in [2.05, 4.69) is 53.2 Å². The van der Waals surface area contributed by atoms with Crippen molar-refractivity contribution in [3.63, 3.8) is 0 Å². The van der Waals surface area contributed by atoms with E-state index >= 15 is 0 Å². The van der Waals surface area contributed by atoms with Gasteiger partial charge in [0.15, 0.2) is 0 Å². The van der Waals surface area contributed by atoms with Crippen molar-refractivity contribution in [2.45, 2.75) is 13.1 Å². The van der Waals surface area contributed by atoms with Crippen LogP contribution in [0, 0.1) is 0 Å². The highest BCUT2D eigenvalue weighted by molar-refractivity contribution is 5.81. The summed E-state index contributed by atoms with van der Waals surface area (Å²) < 4.78 is 7.50. The van der Waals surface area contributed by atoms with E-state index < -0.39 is 0 Å². The van der Waals surface area contributed by atoms with Crippen LogP contribution in [0.2, 0.25) is 0 Å². The predicted molar refractivity (Wildman–Crippen MR) is 81.9 cm³/mol. The molecule has 0 bridgehead atoms. The summed E-state index contributed by atoms with van der Waals surface area (Å²) in [5, 5.41) is 1.19. The Morgan fingerprint density at radius 1 is 1.05 bits per heavy atom. The number of fused-ring (bicyclic) bond motifs is 1. The molecular weight excluding hydrogens is 248 g/mol. The van der Waals surface area contributed by atoms with Crippen molar-refractivity contribution in [2.75, 3.05) is 7.11 Å². The number of ether oxygens (including phenoxy) is 1. The lowest BCUT2D eigenvalue weighted by atomic mass is 10.1. The zero-order chi connectivity index (χ0) is 13.9. The third-order valence-corrected chi connectivity index (χ3v) is 3.56. The number of methoxy groups -OCH3 is 1. The molecule has 3 nitrogen and oxygen atoms in total. The molecule has 20 heavy (non-hydrogen) atoms. The molecule has 0 saturated heterocycles. The molecule has 3 heteroatoms. The molecule has 1 heterocycles. The SMILES string of the molecule is COc1ccc2c(ccn2Cc2cccc(CN)c2)c1. The van der Waals surface area contributed by atoms with Crippen molar-refractivity contribution in [2.24, 2.45) is 5.73 Å². The second-order valence-corrected chi connectivity index (χ2v) is 4.89. The van der Waals surface area contributed by atoms with Crippen LogP contribution >= 0.6 is 0 Å². The first-order valence-electron chi connectivity index (χ1n) is 6.71. The van der Waals surface area contributed by atoms with E-state index in [0.29, 0.717) is 6.54 Å². The van der Waals surface area contributed by atoms with E-state index in [0.717, 1.165) is 12.3 Å². The molecule has 0 atom stereocenters. The fourth-order valence-corrected chi connectivity index (χ4v) is 2.49. The average molecular weight is 266 g/mol. The van der Waals surface area contributed by atoms with Crippen LogP contribution in [0.4, 0.5) is 0 Å². The van der Waals surface area contributed by atoms with Gasteiger partial charge in [0.2, 0.25) is 0 Å². The van der Waals surface area contributed by atoms with Gasteiger partial charge in [-0.25, -0.2) is 0 Å². The first kappa shape index (κ1) is 12.8. The van der Waals surface area contributed by atoms with Crippen LogP contribution in [0.25, 0.3) is 10.9 Å². The van der Waals surface area contributed by atoms with Gasteiger partial charge in [-0.15, -0.1) is 0 Å². The van der Waals surface area contributed by atoms with Crippen molar-refractivity contribution < 1.29 is 4.74 Å². The van der Waals surface area contributed by atoms with Gasteiger partial charge in [-0.3, -0.25) is 0 Å². The summed E-state index contributed by atoms with van der Waals surface area (Å²) in [6.45, 7) is 1.43. The zero-order valence-corrected chi connectivity index (χ0v) is 11.5. The summed E-state index contributed by atoms with van der Waals surface area (Å²) in [5.74, 6) is 0.889. The Kier molecular flexibility index (Phi) is 3.44. The number of benzene rings is 2. The zero-order valence-electron chi connectivity index (χ0n) is 11.5. The summed E-state index contributed by atoms with van der Waals surface area (Å²) in [4.78, 5) is 0. The quantitative estimate of drug-likeness (QED) is 0.788. The van der Waals surface area contributed by atoms with Crippen molar-refractivity contribution in [1.82, 2.24) is 4.57 Å². The molecule has 3 aromatic rings. The van der Waals surface area contributed by atoms with Crippen LogP contribution in [-0.4, -0.2) is 11.7 Å². The summed E-state index contributed by atoms with van der Waals surface area (Å²) in [7, 11) is 1.69. The van der Waals surface area contributed by atoms with Crippen LogP contribution in [0.15, 0.2) is 54.7 Å². The minimum atomic E-state index is 0.581. The lowest BCUT2D eigenvalue weighted by Crippen LogP contribution is -2.01. The van der Waals surface area contributed by atoms with Gasteiger partial charge >= 0.3 is 0 Å². The van der Waals surface area contributed by atoms with Crippen molar-refractivity contribution in [3.8, 4) is 5.75 Å². The standard InChI is InChI=1S/C17H18N2O/c1-20-16-5-6-17-15(10-16)7-8-19(17)12-14-4-2-3-13(9-14)11-18/h2-10H,11-12,18H2,1H3. The van der Waals surface area contributed by atoms with Gasteiger partial charge in [0, 0.05) is 30.2 Å². The van der Waals surface area contributed by atoms with E-state index in [1.165, 1.54) is 22.0 Å². The largest absolute Gasteiger partial charge is 0.497 e. The summed E-state index contributed by atoms with van der Waals surface area (Å²) in [6.07, 6.45) is 2.11. The van der Waals surface area contributed by atoms with Gasteiger partial charge in [-0.1, -0.05) is 24.3 Å². The maximum Gasteiger partial charge on any atom is 0.119 e. The van der Waals surface area contributed by atoms with E-state index in [9.17, 15) is 0 Å². The molecule has 0 aliphatic rings. The Labute approximate surface area is 118 Å². The maximum absolute atomic E-state index is 5.69. The molecule has 3 rings (SSSR count). The lowest BCUT2D eigenvalue weighted by Gasteiger charge is -2.08. The molecule has 0 radical (unpaired) electrons. The lowest BCUT2D eigenvalue weighted by molar-refractivity contribution is 0.415. The Bertz CT molecular complexity index is 731. The second-order valence-electron chi connectivity index (χ2n) is 4.89. The summed E-state index contributed by atoms with van der Waals surface area (Å²) in [6, 6.07) is 16.7. The summed E-state index contributed by atoms with van der Waals surface area (Å²) in [5.41, 5.74) is 9.34. The van der Waals surface area contributed by atoms with E-state index in [1.54, 1.807) is 7.11 Å². The molecule has 2 N–H and O–H groups in total. The number of nitrogens with zero attached hydrogens (tertiary/aromatic N) is 1. The van der Waals surface area contributed by atoms with Crippen LogP contribution in [0.3, 0.4) is 0 Å². The highest BCUT2D eigenvalue weighted by Crippen LogP contribution is 2.22. The molecule has 0 aliphatic heterocycles. The minimum absolute atomic E-state index is 0.581. The van der Waals surface area contributed by atoms with Gasteiger partial charge in [-0.2, -0.15) is 0 Å². The Hall–Kier alpha value is -2.26. The fraction of sp³-hybridized carbons (Fsp3) is 0.176. The smallest absolute Gasteiger partial charge is 0.119 e. The van der Waals surface area contributed by atoms with E-state index in [-0.39, 0.29) is 0 Å². The van der Waals surface area contributed by atoms with E-state index in [1.807, 2.05) is 6.07 Å². The van der Waals surface area contributed by atoms with Gasteiger partial charge < -0.3 is 15.0 Å². The monoisotopic (exact) mass is 266 g/mol. The Morgan fingerprint density at radius 2 is 1.90 bits per heavy atom. The summed E-state index contributed by atoms with van der Waals surface area (Å²) >= 11 is 0. The first-order valence-corrected chi connectivity index (χ1v) is 6.71. The number of hydrogen-bond acceptors (Lipinski definition) is 2. The van der Waals surface area contributed by atoms with Crippen LogP contribution < -0.4 is 10.5 Å². The number of rotatable bonds is 4. The topological polar surface area (TPSA) is 40.2 Å². The van der Waals surface area contributed by atoms with Crippen LogP contribution in [-0.2, 0) is 13.1 Å².